The number of amides is 1. The lowest BCUT2D eigenvalue weighted by Crippen LogP contribution is -2.33. The van der Waals surface area contributed by atoms with E-state index in [2.05, 4.69) is 11.4 Å². The van der Waals surface area contributed by atoms with Gasteiger partial charge in [0.1, 0.15) is 11.2 Å². The van der Waals surface area contributed by atoms with Crippen LogP contribution in [0, 0.1) is 22.6 Å². The minimum atomic E-state index is -0.793. The van der Waals surface area contributed by atoms with Crippen LogP contribution in [0.2, 0.25) is 5.02 Å². The Labute approximate surface area is 115 Å². The smallest absolute Gasteiger partial charge is 0.240 e. The summed E-state index contributed by atoms with van der Waals surface area (Å²) in [6.45, 7) is 0. The van der Waals surface area contributed by atoms with Gasteiger partial charge in [-0.15, -0.1) is 0 Å². The molecule has 1 amide bonds. The first-order valence-electron chi connectivity index (χ1n) is 6.23. The number of rotatable bonds is 3. The monoisotopic (exact) mass is 278 g/mol. The Morgan fingerprint density at radius 1 is 1.53 bits per heavy atom. The quantitative estimate of drug-likeness (QED) is 0.924. The highest BCUT2D eigenvalue weighted by molar-refractivity contribution is 6.30. The summed E-state index contributed by atoms with van der Waals surface area (Å²) in [5.41, 5.74) is 0.0484. The standard InChI is InChI=1S/C14H12ClFN2O/c15-10-2-1-8(5-11(10)16)9-6-12(9)18-13(19)14(7-17)3-4-14/h1-2,5,9,12H,3-4,6H2,(H,18,19)/t9-,12+/m0/s1. The molecule has 2 saturated carbocycles. The van der Waals surface area contributed by atoms with Crippen molar-refractivity contribution >= 4 is 17.5 Å². The summed E-state index contributed by atoms with van der Waals surface area (Å²) in [4.78, 5) is 11.9. The fourth-order valence-electron chi connectivity index (χ4n) is 2.29. The molecule has 0 aromatic heterocycles. The van der Waals surface area contributed by atoms with Crippen molar-refractivity contribution in [3.05, 3.63) is 34.6 Å². The highest BCUT2D eigenvalue weighted by atomic mass is 35.5. The van der Waals surface area contributed by atoms with Crippen molar-refractivity contribution in [3.63, 3.8) is 0 Å². The Morgan fingerprint density at radius 3 is 2.84 bits per heavy atom. The Morgan fingerprint density at radius 2 is 2.26 bits per heavy atom. The number of hydrogen-bond donors (Lipinski definition) is 1. The Hall–Kier alpha value is -1.60. The normalized spacial score (nSPS) is 26.4. The van der Waals surface area contributed by atoms with Crippen molar-refractivity contribution in [2.75, 3.05) is 0 Å². The molecule has 3 nitrogen and oxygen atoms in total. The van der Waals surface area contributed by atoms with E-state index in [0.29, 0.717) is 12.8 Å². The summed E-state index contributed by atoms with van der Waals surface area (Å²) in [6, 6.07) is 6.80. The van der Waals surface area contributed by atoms with E-state index < -0.39 is 11.2 Å². The molecule has 19 heavy (non-hydrogen) atoms. The largest absolute Gasteiger partial charge is 0.351 e. The first-order valence-corrected chi connectivity index (χ1v) is 6.61. The molecule has 5 heteroatoms. The van der Waals surface area contributed by atoms with Crippen LogP contribution in [0.25, 0.3) is 0 Å². The van der Waals surface area contributed by atoms with Crippen LogP contribution in [0.1, 0.15) is 30.7 Å². The molecular formula is C14H12ClFN2O. The zero-order valence-electron chi connectivity index (χ0n) is 10.1. The first kappa shape index (κ1) is 12.4. The fraction of sp³-hybridized carbons (Fsp3) is 0.429. The van der Waals surface area contributed by atoms with Gasteiger partial charge in [0.15, 0.2) is 0 Å². The van der Waals surface area contributed by atoms with Crippen LogP contribution in [0.4, 0.5) is 4.39 Å². The van der Waals surface area contributed by atoms with Gasteiger partial charge in [-0.25, -0.2) is 4.39 Å². The van der Waals surface area contributed by atoms with Crippen molar-refractivity contribution in [2.24, 2.45) is 5.41 Å². The van der Waals surface area contributed by atoms with E-state index in [9.17, 15) is 9.18 Å². The molecule has 0 saturated heterocycles. The van der Waals surface area contributed by atoms with Crippen LogP contribution in [0.15, 0.2) is 18.2 Å². The minimum absolute atomic E-state index is 0.0129. The second-order valence-electron chi connectivity index (χ2n) is 5.29. The van der Waals surface area contributed by atoms with Gasteiger partial charge in [-0.05, 0) is 37.0 Å². The van der Waals surface area contributed by atoms with E-state index in [0.717, 1.165) is 12.0 Å². The van der Waals surface area contributed by atoms with Gasteiger partial charge in [0.2, 0.25) is 5.91 Å². The van der Waals surface area contributed by atoms with Crippen LogP contribution in [-0.2, 0) is 4.79 Å². The molecule has 1 aromatic rings. The van der Waals surface area contributed by atoms with E-state index in [4.69, 9.17) is 16.9 Å². The molecule has 98 valence electrons. The van der Waals surface area contributed by atoms with Crippen molar-refractivity contribution in [3.8, 4) is 6.07 Å². The van der Waals surface area contributed by atoms with Crippen molar-refractivity contribution in [1.82, 2.24) is 5.32 Å². The lowest BCUT2D eigenvalue weighted by Gasteiger charge is -2.08. The molecule has 0 spiro atoms. The molecule has 3 rings (SSSR count). The number of hydrogen-bond acceptors (Lipinski definition) is 2. The molecule has 2 fully saturated rings. The predicted octanol–water partition coefficient (Wildman–Crippen LogP) is 2.75. The number of halogens is 2. The molecule has 0 unspecified atom stereocenters. The maximum Gasteiger partial charge on any atom is 0.240 e. The molecule has 0 bridgehead atoms. The SMILES string of the molecule is N#CC1(C(=O)N[C@@H]2C[C@H]2c2ccc(Cl)c(F)c2)CC1. The second kappa shape index (κ2) is 4.21. The summed E-state index contributed by atoms with van der Waals surface area (Å²) in [7, 11) is 0. The topological polar surface area (TPSA) is 52.9 Å². The van der Waals surface area contributed by atoms with Crippen LogP contribution >= 0.6 is 11.6 Å². The van der Waals surface area contributed by atoms with Gasteiger partial charge in [-0.1, -0.05) is 17.7 Å². The van der Waals surface area contributed by atoms with Crippen molar-refractivity contribution < 1.29 is 9.18 Å². The summed E-state index contributed by atoms with van der Waals surface area (Å²) >= 11 is 5.63. The van der Waals surface area contributed by atoms with E-state index >= 15 is 0 Å². The Kier molecular flexibility index (Phi) is 2.75. The lowest BCUT2D eigenvalue weighted by atomic mass is 10.1. The zero-order valence-corrected chi connectivity index (χ0v) is 10.9. The predicted molar refractivity (Wildman–Crippen MR) is 68.0 cm³/mol. The van der Waals surface area contributed by atoms with Gasteiger partial charge in [0, 0.05) is 12.0 Å². The molecule has 2 aliphatic carbocycles. The lowest BCUT2D eigenvalue weighted by molar-refractivity contribution is -0.124. The number of nitrogens with zero attached hydrogens (tertiary/aromatic N) is 1. The molecule has 2 atom stereocenters. The summed E-state index contributed by atoms with van der Waals surface area (Å²) < 4.78 is 13.3. The highest BCUT2D eigenvalue weighted by Gasteiger charge is 2.53. The molecule has 1 N–H and O–H groups in total. The van der Waals surface area contributed by atoms with E-state index in [1.807, 2.05) is 0 Å². The number of benzene rings is 1. The molecule has 2 aliphatic rings. The van der Waals surface area contributed by atoms with Crippen LogP contribution in [0.5, 0.6) is 0 Å². The first-order chi connectivity index (χ1) is 9.05. The molecule has 1 aromatic carbocycles. The molecular weight excluding hydrogens is 267 g/mol. The number of carbonyl (C=O) groups excluding carboxylic acids is 1. The fourth-order valence-corrected chi connectivity index (χ4v) is 2.40. The van der Waals surface area contributed by atoms with Gasteiger partial charge in [-0.2, -0.15) is 5.26 Å². The van der Waals surface area contributed by atoms with Crippen molar-refractivity contribution in [1.29, 1.82) is 5.26 Å². The maximum atomic E-state index is 13.3. The average Bonchev–Trinajstić information content (AvgIpc) is 3.26. The van der Waals surface area contributed by atoms with Gasteiger partial charge in [0.05, 0.1) is 11.1 Å². The Bertz CT molecular complexity index is 592. The van der Waals surface area contributed by atoms with E-state index in [-0.39, 0.29) is 22.9 Å². The minimum Gasteiger partial charge on any atom is -0.351 e. The van der Waals surface area contributed by atoms with Gasteiger partial charge in [-0.3, -0.25) is 4.79 Å². The number of nitriles is 1. The van der Waals surface area contributed by atoms with E-state index in [1.165, 1.54) is 12.1 Å². The van der Waals surface area contributed by atoms with Crippen LogP contribution in [-0.4, -0.2) is 11.9 Å². The van der Waals surface area contributed by atoms with Gasteiger partial charge < -0.3 is 5.32 Å². The molecule has 0 heterocycles. The summed E-state index contributed by atoms with van der Waals surface area (Å²) in [5.74, 6) is -0.492. The highest BCUT2D eigenvalue weighted by Crippen LogP contribution is 2.47. The van der Waals surface area contributed by atoms with Gasteiger partial charge >= 0.3 is 0 Å². The third-order valence-electron chi connectivity index (χ3n) is 3.88. The van der Waals surface area contributed by atoms with E-state index in [1.54, 1.807) is 6.07 Å². The summed E-state index contributed by atoms with van der Waals surface area (Å²) in [6.07, 6.45) is 2.07. The number of nitrogens with one attached hydrogen (secondary N) is 1. The van der Waals surface area contributed by atoms with Gasteiger partial charge in [0.25, 0.3) is 0 Å². The molecule has 0 radical (unpaired) electrons. The van der Waals surface area contributed by atoms with Crippen LogP contribution < -0.4 is 5.32 Å². The third-order valence-corrected chi connectivity index (χ3v) is 4.18. The van der Waals surface area contributed by atoms with Crippen LogP contribution in [0.3, 0.4) is 0 Å². The summed E-state index contributed by atoms with van der Waals surface area (Å²) in [5, 5.41) is 11.9. The third kappa shape index (κ3) is 2.19. The van der Waals surface area contributed by atoms with Crippen molar-refractivity contribution in [2.45, 2.75) is 31.2 Å². The average molecular weight is 279 g/mol. The zero-order chi connectivity index (χ0) is 13.6. The number of carbonyl (C=O) groups is 1. The maximum absolute atomic E-state index is 13.3. The second-order valence-corrected chi connectivity index (χ2v) is 5.70. The Balaban J connectivity index is 1.64. The molecule has 0 aliphatic heterocycles.